The molecular weight excluding hydrogens is 378 g/mol. The number of aliphatic hydroxyl groups is 2. The number of carbonyl (C=O) groups excluding carboxylic acids is 4. The normalized spacial score (nSPS) is 16.0. The number of aliphatic hydroxyl groups excluding tert-OH is 2. The van der Waals surface area contributed by atoms with E-state index in [4.69, 9.17) is 16.6 Å². The Hall–Kier alpha value is -2.77. The van der Waals surface area contributed by atoms with Gasteiger partial charge in [0.25, 0.3) is 0 Å². The Bertz CT molecular complexity index is 595. The first kappa shape index (κ1) is 25.2. The predicted molar refractivity (Wildman–Crippen MR) is 94.3 cm³/mol. The van der Waals surface area contributed by atoms with E-state index in [0.29, 0.717) is 0 Å². The van der Waals surface area contributed by atoms with Crippen LogP contribution < -0.4 is 27.4 Å². The molecule has 0 aromatic carbocycles. The summed E-state index contributed by atoms with van der Waals surface area (Å²) < 4.78 is 0. The van der Waals surface area contributed by atoms with Crippen molar-refractivity contribution in [3.63, 3.8) is 0 Å². The van der Waals surface area contributed by atoms with E-state index in [2.05, 4.69) is 10.6 Å². The highest BCUT2D eigenvalue weighted by Gasteiger charge is 2.31. The number of carboxylic acids is 1. The molecule has 0 spiro atoms. The number of nitrogens with one attached hydrogen (secondary N) is 3. The summed E-state index contributed by atoms with van der Waals surface area (Å²) in [5, 5.41) is 34.1. The van der Waals surface area contributed by atoms with Gasteiger partial charge >= 0.3 is 5.97 Å². The van der Waals surface area contributed by atoms with E-state index < -0.39 is 66.5 Å². The van der Waals surface area contributed by atoms with Crippen LogP contribution in [0.1, 0.15) is 26.7 Å². The van der Waals surface area contributed by atoms with Gasteiger partial charge in [0.1, 0.15) is 12.1 Å². The lowest BCUT2D eigenvalue weighted by molar-refractivity contribution is -0.145. The number of amides is 4. The maximum Gasteiger partial charge on any atom is 0.328 e. The number of carbonyl (C=O) groups is 5. The minimum absolute atomic E-state index is 0.190. The fourth-order valence-corrected chi connectivity index (χ4v) is 1.97. The molecule has 5 unspecified atom stereocenters. The number of aliphatic carboxylic acids is 1. The highest BCUT2D eigenvalue weighted by atomic mass is 16.4. The van der Waals surface area contributed by atoms with E-state index in [9.17, 15) is 34.2 Å². The van der Waals surface area contributed by atoms with Gasteiger partial charge in [0, 0.05) is 6.42 Å². The smallest absolute Gasteiger partial charge is 0.328 e. The minimum atomic E-state index is -1.66. The monoisotopic (exact) mass is 405 g/mol. The first-order valence-corrected chi connectivity index (χ1v) is 8.37. The van der Waals surface area contributed by atoms with Crippen LogP contribution in [-0.2, 0) is 24.0 Å². The maximum absolute atomic E-state index is 12.4. The molecule has 28 heavy (non-hydrogen) atoms. The van der Waals surface area contributed by atoms with Gasteiger partial charge in [-0.1, -0.05) is 0 Å². The first-order valence-electron chi connectivity index (χ1n) is 8.37. The van der Waals surface area contributed by atoms with Crippen molar-refractivity contribution < 1.29 is 39.3 Å². The van der Waals surface area contributed by atoms with Crippen LogP contribution in [0.25, 0.3) is 0 Å². The Labute approximate surface area is 160 Å². The zero-order chi connectivity index (χ0) is 22.0. The molecule has 0 aliphatic carbocycles. The van der Waals surface area contributed by atoms with Gasteiger partial charge < -0.3 is 42.7 Å². The van der Waals surface area contributed by atoms with E-state index in [1.807, 2.05) is 5.32 Å². The van der Waals surface area contributed by atoms with Gasteiger partial charge in [-0.3, -0.25) is 19.2 Å². The van der Waals surface area contributed by atoms with Crippen LogP contribution in [0.15, 0.2) is 0 Å². The van der Waals surface area contributed by atoms with Crippen LogP contribution >= 0.6 is 0 Å². The third-order valence-corrected chi connectivity index (χ3v) is 3.59. The molecule has 0 radical (unpaired) electrons. The number of carboxylic acid groups (broad SMARTS) is 1. The summed E-state index contributed by atoms with van der Waals surface area (Å²) in [6.45, 7) is 1.60. The molecule has 0 aromatic rings. The molecule has 0 aromatic heterocycles. The first-order chi connectivity index (χ1) is 12.9. The molecule has 13 nitrogen and oxygen atoms in total. The third-order valence-electron chi connectivity index (χ3n) is 3.59. The molecule has 10 N–H and O–H groups in total. The molecule has 0 aliphatic heterocycles. The average Bonchev–Trinajstić information content (AvgIpc) is 2.59. The van der Waals surface area contributed by atoms with Gasteiger partial charge in [-0.15, -0.1) is 0 Å². The van der Waals surface area contributed by atoms with Gasteiger partial charge in [-0.25, -0.2) is 4.79 Å². The van der Waals surface area contributed by atoms with Crippen molar-refractivity contribution in [3.05, 3.63) is 0 Å². The van der Waals surface area contributed by atoms with Crippen LogP contribution in [0.3, 0.4) is 0 Å². The molecule has 4 amide bonds. The second-order valence-electron chi connectivity index (χ2n) is 6.16. The van der Waals surface area contributed by atoms with Crippen LogP contribution in [0, 0.1) is 0 Å². The summed E-state index contributed by atoms with van der Waals surface area (Å²) in [7, 11) is 0. The van der Waals surface area contributed by atoms with Crippen molar-refractivity contribution in [2.45, 2.75) is 57.0 Å². The molecule has 160 valence electrons. The molecule has 0 aliphatic rings. The molecule has 13 heteroatoms. The van der Waals surface area contributed by atoms with Gasteiger partial charge in [-0.05, 0) is 20.3 Å². The number of primary amides is 1. The lowest BCUT2D eigenvalue weighted by atomic mass is 10.1. The van der Waals surface area contributed by atoms with Crippen LogP contribution in [0.4, 0.5) is 0 Å². The Morgan fingerprint density at radius 3 is 1.82 bits per heavy atom. The summed E-state index contributed by atoms with van der Waals surface area (Å²) >= 11 is 0. The fourth-order valence-electron chi connectivity index (χ4n) is 1.97. The van der Waals surface area contributed by atoms with Crippen LogP contribution in [-0.4, -0.2) is 81.8 Å². The summed E-state index contributed by atoms with van der Waals surface area (Å²) in [4.78, 5) is 58.2. The Kier molecular flexibility index (Phi) is 10.7. The van der Waals surface area contributed by atoms with Crippen molar-refractivity contribution in [2.24, 2.45) is 11.5 Å². The van der Waals surface area contributed by atoms with E-state index in [1.54, 1.807) is 0 Å². The van der Waals surface area contributed by atoms with Crippen molar-refractivity contribution in [1.29, 1.82) is 0 Å². The molecule has 0 heterocycles. The number of hydrogen-bond acceptors (Lipinski definition) is 8. The summed E-state index contributed by atoms with van der Waals surface area (Å²) in [5.41, 5.74) is 10.4. The van der Waals surface area contributed by atoms with E-state index >= 15 is 0 Å². The number of nitrogens with two attached hydrogens (primary N) is 2. The molecule has 5 atom stereocenters. The zero-order valence-electron chi connectivity index (χ0n) is 15.5. The average molecular weight is 405 g/mol. The van der Waals surface area contributed by atoms with Gasteiger partial charge in [0.15, 0.2) is 6.04 Å². The zero-order valence-corrected chi connectivity index (χ0v) is 15.5. The fraction of sp³-hybridized carbons (Fsp3) is 0.667. The van der Waals surface area contributed by atoms with Gasteiger partial charge in [0.2, 0.25) is 23.6 Å². The predicted octanol–water partition coefficient (Wildman–Crippen LogP) is -4.49. The molecule has 0 saturated carbocycles. The highest BCUT2D eigenvalue weighted by Crippen LogP contribution is 2.01. The van der Waals surface area contributed by atoms with Crippen molar-refractivity contribution in [3.8, 4) is 0 Å². The maximum atomic E-state index is 12.4. The van der Waals surface area contributed by atoms with Crippen LogP contribution in [0.2, 0.25) is 0 Å². The quantitative estimate of drug-likeness (QED) is 0.156. The molecule has 0 fully saturated rings. The van der Waals surface area contributed by atoms with E-state index in [0.717, 1.165) is 6.92 Å². The van der Waals surface area contributed by atoms with Gasteiger partial charge in [0.05, 0.1) is 18.8 Å². The standard InChI is InChI=1S/C15H27N5O8/c1-6(16)12(24)18-8(3-4-10(17)23)13(25)19-9(5-21)14(26)20-11(7(2)22)15(27)28/h6-9,11,21-22H,3-5,16H2,1-2H3,(H2,17,23)(H,18,24)(H,19,25)(H,20,26)(H,27,28). The van der Waals surface area contributed by atoms with E-state index in [1.165, 1.54) is 6.92 Å². The SMILES string of the molecule is CC(N)C(=O)NC(CCC(N)=O)C(=O)NC(CO)C(=O)NC(C(=O)O)C(C)O. The molecule has 0 saturated heterocycles. The summed E-state index contributed by atoms with van der Waals surface area (Å²) in [5.74, 6) is -4.94. The Morgan fingerprint density at radius 1 is 0.929 bits per heavy atom. The summed E-state index contributed by atoms with van der Waals surface area (Å²) in [6.07, 6.45) is -1.88. The minimum Gasteiger partial charge on any atom is -0.480 e. The van der Waals surface area contributed by atoms with Crippen molar-refractivity contribution in [2.75, 3.05) is 6.61 Å². The molecule has 0 bridgehead atoms. The lowest BCUT2D eigenvalue weighted by Crippen LogP contribution is -2.59. The summed E-state index contributed by atoms with van der Waals surface area (Å²) in [6, 6.07) is -5.47. The Morgan fingerprint density at radius 2 is 1.43 bits per heavy atom. The molecular formula is C15H27N5O8. The van der Waals surface area contributed by atoms with Crippen molar-refractivity contribution >= 4 is 29.6 Å². The van der Waals surface area contributed by atoms with Gasteiger partial charge in [-0.2, -0.15) is 0 Å². The highest BCUT2D eigenvalue weighted by molar-refractivity contribution is 5.94. The van der Waals surface area contributed by atoms with Crippen LogP contribution in [0.5, 0.6) is 0 Å². The second kappa shape index (κ2) is 11.8. The number of hydrogen-bond donors (Lipinski definition) is 8. The van der Waals surface area contributed by atoms with Crippen molar-refractivity contribution in [1.82, 2.24) is 16.0 Å². The Balaban J connectivity index is 5.19. The largest absolute Gasteiger partial charge is 0.480 e. The lowest BCUT2D eigenvalue weighted by Gasteiger charge is -2.24. The van der Waals surface area contributed by atoms with E-state index in [-0.39, 0.29) is 12.8 Å². The third kappa shape index (κ3) is 8.75. The molecule has 0 rings (SSSR count). The number of rotatable bonds is 12. The topological polar surface area (TPSA) is 234 Å². The second-order valence-corrected chi connectivity index (χ2v) is 6.16.